The fraction of sp³-hybridized carbons (Fsp3) is 0.333. The van der Waals surface area contributed by atoms with Crippen molar-refractivity contribution >= 4 is 11.8 Å². The number of aromatic nitrogens is 4. The van der Waals surface area contributed by atoms with E-state index in [9.17, 15) is 9.59 Å². The highest BCUT2D eigenvalue weighted by Gasteiger charge is 2.39. The lowest BCUT2D eigenvalue weighted by atomic mass is 10.0. The van der Waals surface area contributed by atoms with Crippen molar-refractivity contribution in [2.75, 3.05) is 26.2 Å². The van der Waals surface area contributed by atoms with Crippen LogP contribution in [-0.2, 0) is 9.53 Å². The minimum absolute atomic E-state index is 0.0207. The number of hydrogen-bond acceptors (Lipinski definition) is 7. The second kappa shape index (κ2) is 9.03. The number of rotatable bonds is 4. The minimum Gasteiger partial charge on any atom is -0.368 e. The zero-order valence-electron chi connectivity index (χ0n) is 18.6. The molecule has 0 radical (unpaired) electrons. The second-order valence-electron chi connectivity index (χ2n) is 8.50. The molecule has 10 heteroatoms. The normalized spacial score (nSPS) is 20.5. The Labute approximate surface area is 196 Å². The topological polar surface area (TPSA) is 117 Å². The fourth-order valence-electron chi connectivity index (χ4n) is 4.46. The van der Waals surface area contributed by atoms with E-state index in [2.05, 4.69) is 15.0 Å². The lowest BCUT2D eigenvalue weighted by Gasteiger charge is -2.46. The van der Waals surface area contributed by atoms with Gasteiger partial charge >= 0.3 is 0 Å². The number of morpholine rings is 2. The Morgan fingerprint density at radius 2 is 1.88 bits per heavy atom. The van der Waals surface area contributed by atoms with Crippen molar-refractivity contribution in [2.45, 2.75) is 25.2 Å². The van der Waals surface area contributed by atoms with Gasteiger partial charge in [-0.2, -0.15) is 5.26 Å². The molecule has 2 aromatic heterocycles. The van der Waals surface area contributed by atoms with Gasteiger partial charge in [-0.25, -0.2) is 9.97 Å². The highest BCUT2D eigenvalue weighted by molar-refractivity contribution is 5.95. The van der Waals surface area contributed by atoms with E-state index in [1.54, 1.807) is 40.3 Å². The van der Waals surface area contributed by atoms with Crippen molar-refractivity contribution in [1.29, 1.82) is 5.26 Å². The summed E-state index contributed by atoms with van der Waals surface area (Å²) in [6.45, 7) is 3.58. The summed E-state index contributed by atoms with van der Waals surface area (Å²) < 4.78 is 7.84. The lowest BCUT2D eigenvalue weighted by Crippen LogP contribution is -2.62. The molecule has 2 saturated heterocycles. The molecule has 172 valence electrons. The Hall–Kier alpha value is -4.10. The zero-order valence-corrected chi connectivity index (χ0v) is 18.6. The Balaban J connectivity index is 1.27. The Bertz CT molecular complexity index is 1220. The van der Waals surface area contributed by atoms with Crippen LogP contribution in [0.2, 0.25) is 0 Å². The van der Waals surface area contributed by atoms with Crippen LogP contribution in [-0.4, -0.2) is 79.5 Å². The van der Waals surface area contributed by atoms with Gasteiger partial charge in [0.2, 0.25) is 5.91 Å². The summed E-state index contributed by atoms with van der Waals surface area (Å²) in [7, 11) is 0. The molecule has 3 atom stereocenters. The van der Waals surface area contributed by atoms with Gasteiger partial charge in [-0.15, -0.1) is 0 Å². The van der Waals surface area contributed by atoms with E-state index < -0.39 is 0 Å². The summed E-state index contributed by atoms with van der Waals surface area (Å²) in [5.41, 5.74) is 2.13. The summed E-state index contributed by atoms with van der Waals surface area (Å²) in [5, 5.41) is 8.91. The number of imidazole rings is 1. The van der Waals surface area contributed by atoms with E-state index in [1.165, 1.54) is 12.4 Å². The van der Waals surface area contributed by atoms with Gasteiger partial charge in [0.1, 0.15) is 12.1 Å². The largest absolute Gasteiger partial charge is 0.368 e. The first kappa shape index (κ1) is 21.7. The van der Waals surface area contributed by atoms with Crippen molar-refractivity contribution in [1.82, 2.24) is 29.3 Å². The van der Waals surface area contributed by atoms with E-state index in [-0.39, 0.29) is 35.8 Å². The zero-order chi connectivity index (χ0) is 23.7. The molecule has 3 unspecified atom stereocenters. The van der Waals surface area contributed by atoms with Gasteiger partial charge in [0.25, 0.3) is 5.91 Å². The van der Waals surface area contributed by atoms with E-state index >= 15 is 0 Å². The molecular weight excluding hydrogens is 434 g/mol. The van der Waals surface area contributed by atoms with Crippen molar-refractivity contribution in [3.05, 3.63) is 66.6 Å². The molecule has 2 bridgehead atoms. The first-order valence-electron chi connectivity index (χ1n) is 11.1. The number of benzene rings is 1. The first-order valence-corrected chi connectivity index (χ1v) is 11.1. The molecule has 4 heterocycles. The molecule has 0 saturated carbocycles. The van der Waals surface area contributed by atoms with Crippen LogP contribution in [0.5, 0.6) is 0 Å². The van der Waals surface area contributed by atoms with E-state index in [0.717, 1.165) is 5.56 Å². The number of carbonyl (C=O) groups excluding carboxylic acids is 2. The molecule has 2 aliphatic rings. The van der Waals surface area contributed by atoms with Gasteiger partial charge < -0.3 is 19.1 Å². The van der Waals surface area contributed by atoms with Crippen LogP contribution in [0.15, 0.2) is 55.4 Å². The second-order valence-corrected chi connectivity index (χ2v) is 8.50. The Kier molecular flexibility index (Phi) is 5.77. The number of fused-ring (bicyclic) bond motifs is 2. The predicted molar refractivity (Wildman–Crippen MR) is 120 cm³/mol. The molecule has 34 heavy (non-hydrogen) atoms. The van der Waals surface area contributed by atoms with Gasteiger partial charge in [-0.05, 0) is 19.1 Å². The summed E-state index contributed by atoms with van der Waals surface area (Å²) in [6.07, 6.45) is 7.55. The molecule has 5 rings (SSSR count). The number of nitriles is 1. The molecule has 1 aromatic carbocycles. The van der Waals surface area contributed by atoms with Gasteiger partial charge in [-0.3, -0.25) is 14.6 Å². The van der Waals surface area contributed by atoms with Gasteiger partial charge in [-0.1, -0.05) is 12.1 Å². The standard InChI is InChI=1S/C24H23N7O3/c1-16(29-6-5-26-15-29)23(32)30-11-20-13-31(14-21(12-30)34-20)24(33)18-4-2-3-17(7-18)22-10-27-19(8-25)9-28-22/h2-7,9-10,15-16,20-21H,11-14H2,1H3. The third-order valence-electron chi connectivity index (χ3n) is 6.18. The summed E-state index contributed by atoms with van der Waals surface area (Å²) in [6, 6.07) is 8.82. The highest BCUT2D eigenvalue weighted by Crippen LogP contribution is 2.24. The van der Waals surface area contributed by atoms with Crippen molar-refractivity contribution in [3.63, 3.8) is 0 Å². The molecule has 2 amide bonds. The highest BCUT2D eigenvalue weighted by atomic mass is 16.5. The van der Waals surface area contributed by atoms with Crippen LogP contribution in [0.3, 0.4) is 0 Å². The monoisotopic (exact) mass is 457 g/mol. The number of hydrogen-bond donors (Lipinski definition) is 0. The number of carbonyl (C=O) groups is 2. The van der Waals surface area contributed by atoms with Gasteiger partial charge in [0.15, 0.2) is 5.69 Å². The SMILES string of the molecule is CC(C(=O)N1CC2CN(C(=O)c3cccc(-c4cnc(C#N)cn4)c3)CC(C1)O2)n1ccnc1. The van der Waals surface area contributed by atoms with Crippen LogP contribution in [0.4, 0.5) is 0 Å². The van der Waals surface area contributed by atoms with Crippen molar-refractivity contribution < 1.29 is 14.3 Å². The van der Waals surface area contributed by atoms with E-state index in [4.69, 9.17) is 10.00 Å². The quantitative estimate of drug-likeness (QED) is 0.583. The van der Waals surface area contributed by atoms with Crippen LogP contribution < -0.4 is 0 Å². The molecule has 10 nitrogen and oxygen atoms in total. The maximum absolute atomic E-state index is 13.3. The minimum atomic E-state index is -0.341. The summed E-state index contributed by atoms with van der Waals surface area (Å²) in [4.78, 5) is 42.2. The molecule has 2 fully saturated rings. The van der Waals surface area contributed by atoms with Gasteiger partial charge in [0.05, 0.1) is 36.6 Å². The van der Waals surface area contributed by atoms with Crippen LogP contribution in [0, 0.1) is 11.3 Å². The smallest absolute Gasteiger partial charge is 0.254 e. The Morgan fingerprint density at radius 3 is 2.53 bits per heavy atom. The summed E-state index contributed by atoms with van der Waals surface area (Å²) >= 11 is 0. The molecule has 0 N–H and O–H groups in total. The van der Waals surface area contributed by atoms with E-state index in [0.29, 0.717) is 37.4 Å². The van der Waals surface area contributed by atoms with E-state index in [1.807, 2.05) is 30.0 Å². The fourth-order valence-corrected chi connectivity index (χ4v) is 4.46. The number of amides is 2. The molecule has 3 aromatic rings. The molecule has 2 aliphatic heterocycles. The van der Waals surface area contributed by atoms with Crippen molar-refractivity contribution in [3.8, 4) is 17.3 Å². The predicted octanol–water partition coefficient (Wildman–Crippen LogP) is 1.52. The molecular formula is C24H23N7O3. The average Bonchev–Trinajstić information content (AvgIpc) is 3.42. The third kappa shape index (κ3) is 4.25. The number of ether oxygens (including phenoxy) is 1. The summed E-state index contributed by atoms with van der Waals surface area (Å²) in [5.74, 6) is -0.0689. The molecule has 0 aliphatic carbocycles. The number of nitrogens with zero attached hydrogens (tertiary/aromatic N) is 7. The molecule has 0 spiro atoms. The Morgan fingerprint density at radius 1 is 1.12 bits per heavy atom. The average molecular weight is 457 g/mol. The maximum Gasteiger partial charge on any atom is 0.254 e. The van der Waals surface area contributed by atoms with Crippen molar-refractivity contribution in [2.24, 2.45) is 0 Å². The third-order valence-corrected chi connectivity index (χ3v) is 6.18. The van der Waals surface area contributed by atoms with Gasteiger partial charge in [0, 0.05) is 49.7 Å². The first-order chi connectivity index (χ1) is 16.5. The van der Waals surface area contributed by atoms with Crippen LogP contribution in [0.1, 0.15) is 29.0 Å². The lowest BCUT2D eigenvalue weighted by molar-refractivity contribution is -0.159. The van der Waals surface area contributed by atoms with Crippen LogP contribution >= 0.6 is 0 Å². The van der Waals surface area contributed by atoms with Crippen LogP contribution in [0.25, 0.3) is 11.3 Å². The maximum atomic E-state index is 13.3.